The van der Waals surface area contributed by atoms with E-state index in [2.05, 4.69) is 15.3 Å². The molecule has 1 heterocycles. The smallest absolute Gasteiger partial charge is 0.146 e. The van der Waals surface area contributed by atoms with E-state index in [1.165, 1.54) is 12.4 Å². The number of nitrogens with one attached hydrogen (secondary N) is 1. The number of nitrogens with two attached hydrogens (primary N) is 1. The van der Waals surface area contributed by atoms with E-state index in [0.717, 1.165) is 11.1 Å². The maximum Gasteiger partial charge on any atom is 0.146 e. The highest BCUT2D eigenvalue weighted by molar-refractivity contribution is 5.67. The topological polar surface area (TPSA) is 63.8 Å². The van der Waals surface area contributed by atoms with Crippen LogP contribution in [0.3, 0.4) is 0 Å². The van der Waals surface area contributed by atoms with Crippen molar-refractivity contribution in [3.8, 4) is 0 Å². The molecule has 3 N–H and O–H groups in total. The second kappa shape index (κ2) is 5.22. The van der Waals surface area contributed by atoms with E-state index >= 15 is 0 Å². The van der Waals surface area contributed by atoms with E-state index < -0.39 is 0 Å². The average Bonchev–Trinajstić information content (AvgIpc) is 2.33. The molecule has 0 aliphatic rings. The van der Waals surface area contributed by atoms with Gasteiger partial charge in [-0.2, -0.15) is 0 Å². The first kappa shape index (κ1) is 13.3. The van der Waals surface area contributed by atoms with Crippen LogP contribution in [0.15, 0.2) is 24.5 Å². The fourth-order valence-electron chi connectivity index (χ4n) is 1.99. The maximum absolute atomic E-state index is 13.8. The van der Waals surface area contributed by atoms with Crippen LogP contribution >= 0.6 is 0 Å². The number of nitrogen functional groups attached to an aromatic ring is 1. The van der Waals surface area contributed by atoms with Gasteiger partial charge in [-0.05, 0) is 24.5 Å². The van der Waals surface area contributed by atoms with E-state index in [4.69, 9.17) is 5.73 Å². The van der Waals surface area contributed by atoms with Gasteiger partial charge in [-0.3, -0.25) is 0 Å². The van der Waals surface area contributed by atoms with Crippen LogP contribution in [0.2, 0.25) is 0 Å². The fraction of sp³-hybridized carbons (Fsp3) is 0.286. The minimum absolute atomic E-state index is 0.149. The van der Waals surface area contributed by atoms with Crippen molar-refractivity contribution in [2.24, 2.45) is 0 Å². The predicted octanol–water partition coefficient (Wildman–Crippen LogP) is 3.37. The van der Waals surface area contributed by atoms with Gasteiger partial charge in [0.15, 0.2) is 0 Å². The fourth-order valence-corrected chi connectivity index (χ4v) is 1.99. The Morgan fingerprint density at radius 3 is 2.63 bits per heavy atom. The lowest BCUT2D eigenvalue weighted by Gasteiger charge is -2.16. The highest BCUT2D eigenvalue weighted by Gasteiger charge is 2.15. The van der Waals surface area contributed by atoms with E-state index in [1.54, 1.807) is 6.07 Å². The lowest BCUT2D eigenvalue weighted by atomic mass is 10.0. The molecule has 5 heteroatoms. The number of para-hydroxylation sites is 1. The molecule has 0 spiro atoms. The summed E-state index contributed by atoms with van der Waals surface area (Å²) in [4.78, 5) is 8.15. The van der Waals surface area contributed by atoms with E-state index in [9.17, 15) is 4.39 Å². The molecule has 4 nitrogen and oxygen atoms in total. The number of benzene rings is 1. The van der Waals surface area contributed by atoms with Crippen molar-refractivity contribution < 1.29 is 4.39 Å². The molecule has 0 bridgehead atoms. The Balaban J connectivity index is 2.47. The van der Waals surface area contributed by atoms with Gasteiger partial charge in [0.25, 0.3) is 0 Å². The molecule has 0 aliphatic carbocycles. The first-order chi connectivity index (χ1) is 9.00. The first-order valence-electron chi connectivity index (χ1n) is 6.13. The van der Waals surface area contributed by atoms with Crippen molar-refractivity contribution in [2.45, 2.75) is 26.7 Å². The second-order valence-electron chi connectivity index (χ2n) is 4.73. The third kappa shape index (κ3) is 2.65. The summed E-state index contributed by atoms with van der Waals surface area (Å²) in [5, 5.41) is 3.03. The Morgan fingerprint density at radius 1 is 1.26 bits per heavy atom. The zero-order valence-electron chi connectivity index (χ0n) is 11.2. The van der Waals surface area contributed by atoms with Gasteiger partial charge in [0, 0.05) is 5.56 Å². The molecule has 0 atom stereocenters. The maximum atomic E-state index is 13.8. The minimum Gasteiger partial charge on any atom is -0.383 e. The molecule has 0 amide bonds. The second-order valence-corrected chi connectivity index (χ2v) is 4.73. The lowest BCUT2D eigenvalue weighted by Crippen LogP contribution is -2.08. The van der Waals surface area contributed by atoms with Crippen LogP contribution < -0.4 is 11.1 Å². The third-order valence-electron chi connectivity index (χ3n) is 2.96. The highest BCUT2D eigenvalue weighted by Crippen LogP contribution is 2.30. The molecule has 0 saturated heterocycles. The number of hydrogen-bond acceptors (Lipinski definition) is 4. The lowest BCUT2D eigenvalue weighted by molar-refractivity contribution is 0.630. The number of aromatic nitrogens is 2. The van der Waals surface area contributed by atoms with Crippen molar-refractivity contribution in [1.29, 1.82) is 0 Å². The summed E-state index contributed by atoms with van der Waals surface area (Å²) < 4.78 is 13.8. The quantitative estimate of drug-likeness (QED) is 0.888. The molecule has 0 unspecified atom stereocenters. The van der Waals surface area contributed by atoms with E-state index in [1.807, 2.05) is 26.8 Å². The van der Waals surface area contributed by atoms with Crippen molar-refractivity contribution in [3.05, 3.63) is 41.5 Å². The largest absolute Gasteiger partial charge is 0.383 e. The van der Waals surface area contributed by atoms with Crippen LogP contribution in [0.5, 0.6) is 0 Å². The number of halogens is 1. The highest BCUT2D eigenvalue weighted by atomic mass is 19.1. The molecular weight excluding hydrogens is 243 g/mol. The van der Waals surface area contributed by atoms with Gasteiger partial charge in [0.2, 0.25) is 0 Å². The number of anilines is 3. The molecule has 1 aromatic carbocycles. The summed E-state index contributed by atoms with van der Waals surface area (Å²) >= 11 is 0. The van der Waals surface area contributed by atoms with Crippen molar-refractivity contribution in [2.75, 3.05) is 11.1 Å². The normalized spacial score (nSPS) is 10.8. The summed E-state index contributed by atoms with van der Waals surface area (Å²) in [6.45, 7) is 5.83. The van der Waals surface area contributed by atoms with Crippen molar-refractivity contribution in [1.82, 2.24) is 9.97 Å². The van der Waals surface area contributed by atoms with Gasteiger partial charge in [0.1, 0.15) is 23.8 Å². The molecular formula is C14H17FN4. The van der Waals surface area contributed by atoms with Crippen LogP contribution in [-0.4, -0.2) is 9.97 Å². The zero-order chi connectivity index (χ0) is 14.0. The molecule has 1 aromatic heterocycles. The summed E-state index contributed by atoms with van der Waals surface area (Å²) in [5.74, 6) is 0.805. The van der Waals surface area contributed by atoms with E-state index in [0.29, 0.717) is 17.3 Å². The van der Waals surface area contributed by atoms with E-state index in [-0.39, 0.29) is 11.7 Å². The predicted molar refractivity (Wildman–Crippen MR) is 75.0 cm³/mol. The minimum atomic E-state index is -0.313. The number of aryl methyl sites for hydroxylation is 1. The Kier molecular flexibility index (Phi) is 3.64. The number of nitrogens with zero attached hydrogens (tertiary/aromatic N) is 2. The molecule has 100 valence electrons. The van der Waals surface area contributed by atoms with Gasteiger partial charge >= 0.3 is 0 Å². The molecule has 0 saturated carbocycles. The SMILES string of the molecule is Cc1cccc(F)c1Nc1ncnc(N)c1C(C)C. The van der Waals surface area contributed by atoms with Gasteiger partial charge in [0.05, 0.1) is 5.69 Å². The third-order valence-corrected chi connectivity index (χ3v) is 2.96. The van der Waals surface area contributed by atoms with Gasteiger partial charge < -0.3 is 11.1 Å². The van der Waals surface area contributed by atoms with Crippen LogP contribution in [0.4, 0.5) is 21.7 Å². The van der Waals surface area contributed by atoms with Crippen LogP contribution in [0.25, 0.3) is 0 Å². The Hall–Kier alpha value is -2.17. The molecule has 0 radical (unpaired) electrons. The summed E-state index contributed by atoms with van der Waals surface area (Å²) in [5.41, 5.74) is 7.89. The van der Waals surface area contributed by atoms with Gasteiger partial charge in [-0.1, -0.05) is 26.0 Å². The molecule has 0 aliphatic heterocycles. The summed E-state index contributed by atoms with van der Waals surface area (Å²) in [6, 6.07) is 4.92. The number of hydrogen-bond donors (Lipinski definition) is 2. The molecule has 2 rings (SSSR count). The Labute approximate surface area is 111 Å². The Bertz CT molecular complexity index is 576. The van der Waals surface area contributed by atoms with Crippen LogP contribution in [-0.2, 0) is 0 Å². The molecule has 2 aromatic rings. The zero-order valence-corrected chi connectivity index (χ0v) is 11.2. The summed E-state index contributed by atoms with van der Waals surface area (Å²) in [7, 11) is 0. The Morgan fingerprint density at radius 2 is 2.00 bits per heavy atom. The van der Waals surface area contributed by atoms with Crippen molar-refractivity contribution >= 4 is 17.3 Å². The average molecular weight is 260 g/mol. The summed E-state index contributed by atoms with van der Waals surface area (Å²) in [6.07, 6.45) is 1.37. The standard InChI is InChI=1S/C14H17FN4/c1-8(2)11-13(16)17-7-18-14(11)19-12-9(3)5-4-6-10(12)15/h4-8H,1-3H3,(H3,16,17,18,19). The first-order valence-corrected chi connectivity index (χ1v) is 6.13. The monoisotopic (exact) mass is 260 g/mol. The molecule has 0 fully saturated rings. The number of rotatable bonds is 3. The van der Waals surface area contributed by atoms with Gasteiger partial charge in [-0.15, -0.1) is 0 Å². The van der Waals surface area contributed by atoms with Crippen LogP contribution in [0.1, 0.15) is 30.9 Å². The van der Waals surface area contributed by atoms with Crippen LogP contribution in [0, 0.1) is 12.7 Å². The molecule has 19 heavy (non-hydrogen) atoms. The van der Waals surface area contributed by atoms with Gasteiger partial charge in [-0.25, -0.2) is 14.4 Å². The van der Waals surface area contributed by atoms with Crippen molar-refractivity contribution in [3.63, 3.8) is 0 Å².